The number of hydrogen-bond acceptors (Lipinski definition) is 7. The second-order valence-electron chi connectivity index (χ2n) is 5.94. The molecule has 0 saturated carbocycles. The number of nitriles is 1. The van der Waals surface area contributed by atoms with E-state index < -0.39 is 57.2 Å². The van der Waals surface area contributed by atoms with E-state index in [-0.39, 0.29) is 17.7 Å². The summed E-state index contributed by atoms with van der Waals surface area (Å²) in [5, 5.41) is 29.9. The number of anilines is 1. The predicted octanol–water partition coefficient (Wildman–Crippen LogP) is 2.94. The first-order chi connectivity index (χ1) is 14.1. The third-order valence-electron chi connectivity index (χ3n) is 4.21. The number of nitrogens with zero attached hydrogens (tertiary/aromatic N) is 3. The summed E-state index contributed by atoms with van der Waals surface area (Å²) < 4.78 is 83.7. The van der Waals surface area contributed by atoms with Gasteiger partial charge in [-0.15, -0.1) is 0 Å². The SMILES string of the molecule is COC(=O)c1c(N)c(C#N)cn1-c1ccc(C(O)(C(F)(F)F)C(F)(F)F)cc1[N+](=O)[O-]. The molecule has 0 unspecified atom stereocenters. The van der Waals surface area contributed by atoms with Crippen LogP contribution in [0.15, 0.2) is 24.4 Å². The highest BCUT2D eigenvalue weighted by molar-refractivity contribution is 5.96. The summed E-state index contributed by atoms with van der Waals surface area (Å²) in [4.78, 5) is 22.1. The summed E-state index contributed by atoms with van der Waals surface area (Å²) >= 11 is 0. The second kappa shape index (κ2) is 7.47. The van der Waals surface area contributed by atoms with Gasteiger partial charge >= 0.3 is 18.3 Å². The molecule has 166 valence electrons. The Balaban J connectivity index is 2.89. The molecule has 0 spiro atoms. The number of alkyl halides is 6. The van der Waals surface area contributed by atoms with Crippen LogP contribution in [0.25, 0.3) is 5.69 Å². The molecule has 1 aromatic carbocycles. The molecule has 3 N–H and O–H groups in total. The lowest BCUT2D eigenvalue weighted by atomic mass is 9.91. The number of halogens is 6. The second-order valence-corrected chi connectivity index (χ2v) is 5.94. The van der Waals surface area contributed by atoms with Gasteiger partial charge < -0.3 is 20.1 Å². The Morgan fingerprint density at radius 2 is 1.81 bits per heavy atom. The Labute approximate surface area is 168 Å². The third kappa shape index (κ3) is 3.61. The third-order valence-corrected chi connectivity index (χ3v) is 4.21. The number of methoxy groups -OCH3 is 1. The number of carbonyl (C=O) groups excluding carboxylic acids is 1. The zero-order valence-corrected chi connectivity index (χ0v) is 15.1. The highest BCUT2D eigenvalue weighted by Gasteiger charge is 2.71. The minimum Gasteiger partial charge on any atom is -0.464 e. The van der Waals surface area contributed by atoms with E-state index in [1.807, 2.05) is 0 Å². The molecule has 0 aliphatic heterocycles. The maximum absolute atomic E-state index is 13.1. The minimum atomic E-state index is -6.27. The fourth-order valence-electron chi connectivity index (χ4n) is 2.69. The molecule has 0 fully saturated rings. The summed E-state index contributed by atoms with van der Waals surface area (Å²) in [5.74, 6) is -1.19. The van der Waals surface area contributed by atoms with Gasteiger partial charge in [0.2, 0.25) is 0 Å². The molecule has 0 saturated heterocycles. The Hall–Kier alpha value is -3.80. The molecule has 0 aliphatic rings. The fraction of sp³-hybridized carbons (Fsp3) is 0.250. The van der Waals surface area contributed by atoms with Crippen molar-refractivity contribution in [1.82, 2.24) is 4.57 Å². The summed E-state index contributed by atoms with van der Waals surface area (Å²) in [7, 11) is 0.898. The van der Waals surface area contributed by atoms with E-state index in [4.69, 9.17) is 11.0 Å². The molecular formula is C16H10F6N4O5. The first-order valence-electron chi connectivity index (χ1n) is 7.76. The topological polar surface area (TPSA) is 144 Å². The standard InChI is InChI=1S/C16H10F6N4O5/c1-31-13(27)12-11(24)7(5-23)6-25(12)9-3-2-8(4-10(9)26(29)30)14(28,15(17,18)19)16(20,21)22/h2-4,6,28H,24H2,1H3. The molecule has 0 atom stereocenters. The van der Waals surface area contributed by atoms with Gasteiger partial charge in [-0.3, -0.25) is 10.1 Å². The monoisotopic (exact) mass is 452 g/mol. The van der Waals surface area contributed by atoms with Crippen LogP contribution in [0.1, 0.15) is 21.6 Å². The fourth-order valence-corrected chi connectivity index (χ4v) is 2.69. The molecule has 15 heteroatoms. The van der Waals surface area contributed by atoms with Gasteiger partial charge in [0, 0.05) is 17.8 Å². The van der Waals surface area contributed by atoms with Crippen LogP contribution in [0.3, 0.4) is 0 Å². The quantitative estimate of drug-likeness (QED) is 0.314. The molecule has 1 heterocycles. The van der Waals surface area contributed by atoms with Crippen molar-refractivity contribution in [2.24, 2.45) is 0 Å². The predicted molar refractivity (Wildman–Crippen MR) is 88.9 cm³/mol. The van der Waals surface area contributed by atoms with E-state index in [1.165, 1.54) is 0 Å². The zero-order valence-electron chi connectivity index (χ0n) is 15.1. The molecule has 2 rings (SSSR count). The molecule has 0 aliphatic carbocycles. The van der Waals surface area contributed by atoms with Crippen LogP contribution in [0.4, 0.5) is 37.7 Å². The Kier molecular flexibility index (Phi) is 5.66. The number of hydrogen-bond donors (Lipinski definition) is 2. The Bertz CT molecular complexity index is 1090. The van der Waals surface area contributed by atoms with Crippen LogP contribution in [0, 0.1) is 21.4 Å². The summed E-state index contributed by atoms with van der Waals surface area (Å²) in [6, 6.07) is 2.01. The molecule has 1 aromatic heterocycles. The molecule has 31 heavy (non-hydrogen) atoms. The van der Waals surface area contributed by atoms with E-state index in [0.29, 0.717) is 10.6 Å². The van der Waals surface area contributed by atoms with E-state index in [9.17, 15) is 46.4 Å². The number of aromatic nitrogens is 1. The average Bonchev–Trinajstić information content (AvgIpc) is 3.00. The normalized spacial score (nSPS) is 12.4. The van der Waals surface area contributed by atoms with Crippen molar-refractivity contribution in [1.29, 1.82) is 5.26 Å². The number of aliphatic hydroxyl groups is 1. The molecular weight excluding hydrogens is 442 g/mol. The zero-order chi connectivity index (χ0) is 23.9. The molecule has 0 amide bonds. The Morgan fingerprint density at radius 1 is 1.26 bits per heavy atom. The van der Waals surface area contributed by atoms with Gasteiger partial charge in [0.25, 0.3) is 11.3 Å². The number of benzene rings is 1. The lowest BCUT2D eigenvalue weighted by Gasteiger charge is -2.32. The van der Waals surface area contributed by atoms with Crippen LogP contribution < -0.4 is 5.73 Å². The van der Waals surface area contributed by atoms with Crippen molar-refractivity contribution in [2.75, 3.05) is 12.8 Å². The van der Waals surface area contributed by atoms with Gasteiger partial charge in [0.1, 0.15) is 11.8 Å². The highest BCUT2D eigenvalue weighted by atomic mass is 19.4. The summed E-state index contributed by atoms with van der Waals surface area (Å²) in [6.45, 7) is 0. The van der Waals surface area contributed by atoms with E-state index in [0.717, 1.165) is 13.3 Å². The van der Waals surface area contributed by atoms with Crippen molar-refractivity contribution < 1.29 is 45.9 Å². The smallest absolute Gasteiger partial charge is 0.430 e. The number of nitro benzene ring substituents is 1. The van der Waals surface area contributed by atoms with Gasteiger partial charge in [-0.1, -0.05) is 6.07 Å². The Morgan fingerprint density at radius 3 is 2.23 bits per heavy atom. The lowest BCUT2D eigenvalue weighted by Crippen LogP contribution is -2.53. The van der Waals surface area contributed by atoms with Gasteiger partial charge in [-0.2, -0.15) is 31.6 Å². The molecule has 9 nitrogen and oxygen atoms in total. The summed E-state index contributed by atoms with van der Waals surface area (Å²) in [6.07, 6.45) is -11.7. The van der Waals surface area contributed by atoms with Crippen LogP contribution in [0.5, 0.6) is 0 Å². The average molecular weight is 452 g/mol. The van der Waals surface area contributed by atoms with Crippen molar-refractivity contribution in [2.45, 2.75) is 18.0 Å². The van der Waals surface area contributed by atoms with Crippen LogP contribution in [-0.2, 0) is 10.3 Å². The van der Waals surface area contributed by atoms with E-state index in [2.05, 4.69) is 4.74 Å². The van der Waals surface area contributed by atoms with Gasteiger partial charge in [-0.25, -0.2) is 4.79 Å². The van der Waals surface area contributed by atoms with Gasteiger partial charge in [-0.05, 0) is 6.07 Å². The van der Waals surface area contributed by atoms with Crippen LogP contribution in [0.2, 0.25) is 0 Å². The van der Waals surface area contributed by atoms with Crippen LogP contribution in [-0.4, -0.2) is 40.0 Å². The number of carbonyl (C=O) groups is 1. The highest BCUT2D eigenvalue weighted by Crippen LogP contribution is 2.51. The molecule has 2 aromatic rings. The van der Waals surface area contributed by atoms with Crippen molar-refractivity contribution >= 4 is 17.3 Å². The summed E-state index contributed by atoms with van der Waals surface area (Å²) in [5.41, 5.74) is -5.24. The lowest BCUT2D eigenvalue weighted by molar-refractivity contribution is -0.386. The number of ether oxygens (including phenoxy) is 1. The van der Waals surface area contributed by atoms with Crippen molar-refractivity contribution in [3.63, 3.8) is 0 Å². The minimum absolute atomic E-state index is 0.139. The first kappa shape index (κ1) is 23.5. The largest absolute Gasteiger partial charge is 0.464 e. The number of nitrogens with two attached hydrogens (primary N) is 1. The van der Waals surface area contributed by atoms with Crippen LogP contribution >= 0.6 is 0 Å². The maximum Gasteiger partial charge on any atom is 0.430 e. The van der Waals surface area contributed by atoms with Crippen molar-refractivity contribution in [3.05, 3.63) is 51.3 Å². The molecule has 0 bridgehead atoms. The van der Waals surface area contributed by atoms with Gasteiger partial charge in [0.05, 0.1) is 23.3 Å². The van der Waals surface area contributed by atoms with Crippen molar-refractivity contribution in [3.8, 4) is 11.8 Å². The maximum atomic E-state index is 13.1. The number of rotatable bonds is 4. The van der Waals surface area contributed by atoms with E-state index >= 15 is 0 Å². The molecule has 0 radical (unpaired) electrons. The number of nitrogen functional groups attached to an aromatic ring is 1. The number of nitro groups is 1. The number of esters is 1. The van der Waals surface area contributed by atoms with E-state index in [1.54, 1.807) is 6.07 Å². The van der Waals surface area contributed by atoms with Gasteiger partial charge in [0.15, 0.2) is 5.69 Å². The first-order valence-corrected chi connectivity index (χ1v) is 7.76.